The average Bonchev–Trinajstić information content (AvgIpc) is 2.53. The first-order valence-corrected chi connectivity index (χ1v) is 9.71. The van der Waals surface area contributed by atoms with E-state index < -0.39 is 10.0 Å². The third kappa shape index (κ3) is 4.85. The summed E-state index contributed by atoms with van der Waals surface area (Å²) in [5, 5.41) is 4.97. The van der Waals surface area contributed by atoms with Gasteiger partial charge in [0.15, 0.2) is 0 Å². The van der Waals surface area contributed by atoms with Crippen LogP contribution in [-0.2, 0) is 14.8 Å². The van der Waals surface area contributed by atoms with Crippen LogP contribution in [0.25, 0.3) is 0 Å². The lowest BCUT2D eigenvalue weighted by atomic mass is 10.1. The SMILES string of the molecule is COc1ccccc1N1CCN(C(=O)CCCS(N)(=O)=O)[C@@H](C)C1. The highest BCUT2D eigenvalue weighted by molar-refractivity contribution is 7.89. The van der Waals surface area contributed by atoms with Gasteiger partial charge in [0.05, 0.1) is 18.6 Å². The number of sulfonamides is 1. The third-order valence-electron chi connectivity index (χ3n) is 4.19. The van der Waals surface area contributed by atoms with Crippen LogP contribution in [0.2, 0.25) is 0 Å². The summed E-state index contributed by atoms with van der Waals surface area (Å²) >= 11 is 0. The number of anilines is 1. The Morgan fingerprint density at radius 3 is 2.67 bits per heavy atom. The topological polar surface area (TPSA) is 92.9 Å². The third-order valence-corrected chi connectivity index (χ3v) is 5.05. The fourth-order valence-corrected chi connectivity index (χ4v) is 3.55. The fourth-order valence-electron chi connectivity index (χ4n) is 3.01. The molecule has 24 heavy (non-hydrogen) atoms. The van der Waals surface area contributed by atoms with Crippen molar-refractivity contribution in [2.45, 2.75) is 25.8 Å². The molecule has 0 aliphatic carbocycles. The summed E-state index contributed by atoms with van der Waals surface area (Å²) in [5.41, 5.74) is 1.02. The van der Waals surface area contributed by atoms with Crippen LogP contribution in [0.4, 0.5) is 5.69 Å². The van der Waals surface area contributed by atoms with Gasteiger partial charge in [-0.15, -0.1) is 0 Å². The van der Waals surface area contributed by atoms with Gasteiger partial charge < -0.3 is 14.5 Å². The standard InChI is InChI=1S/C16H25N3O4S/c1-13-12-18(14-6-3-4-7-15(14)23-2)9-10-19(13)16(20)8-5-11-24(17,21)22/h3-4,6-7,13H,5,8-12H2,1-2H3,(H2,17,21,22)/t13-/m0/s1. The predicted molar refractivity (Wildman–Crippen MR) is 93.6 cm³/mol. The van der Waals surface area contributed by atoms with E-state index in [0.717, 1.165) is 11.4 Å². The van der Waals surface area contributed by atoms with E-state index in [1.165, 1.54) is 0 Å². The summed E-state index contributed by atoms with van der Waals surface area (Å²) in [6, 6.07) is 7.87. The summed E-state index contributed by atoms with van der Waals surface area (Å²) in [6.07, 6.45) is 0.465. The maximum Gasteiger partial charge on any atom is 0.222 e. The first-order chi connectivity index (χ1) is 11.3. The smallest absolute Gasteiger partial charge is 0.222 e. The second kappa shape index (κ2) is 7.85. The molecule has 1 aromatic carbocycles. The first kappa shape index (κ1) is 18.5. The Morgan fingerprint density at radius 1 is 1.33 bits per heavy atom. The van der Waals surface area contributed by atoms with Crippen molar-refractivity contribution in [1.29, 1.82) is 0 Å². The van der Waals surface area contributed by atoms with E-state index >= 15 is 0 Å². The molecule has 0 radical (unpaired) electrons. The van der Waals surface area contributed by atoms with Crippen LogP contribution in [-0.4, -0.2) is 57.8 Å². The molecule has 1 heterocycles. The zero-order chi connectivity index (χ0) is 17.7. The molecule has 0 bridgehead atoms. The Kier molecular flexibility index (Phi) is 6.06. The number of carbonyl (C=O) groups excluding carboxylic acids is 1. The molecule has 134 valence electrons. The number of rotatable bonds is 6. The molecule has 1 amide bonds. The molecule has 1 atom stereocenters. The maximum absolute atomic E-state index is 12.3. The molecule has 1 saturated heterocycles. The van der Waals surface area contributed by atoms with E-state index in [1.807, 2.05) is 36.1 Å². The summed E-state index contributed by atoms with van der Waals surface area (Å²) < 4.78 is 27.3. The molecular weight excluding hydrogens is 330 g/mol. The Hall–Kier alpha value is -1.80. The van der Waals surface area contributed by atoms with Crippen LogP contribution in [0.15, 0.2) is 24.3 Å². The summed E-state index contributed by atoms with van der Waals surface area (Å²) in [5.74, 6) is 0.636. The largest absolute Gasteiger partial charge is 0.495 e. The predicted octanol–water partition coefficient (Wildman–Crippen LogP) is 0.801. The zero-order valence-electron chi connectivity index (χ0n) is 14.1. The fraction of sp³-hybridized carbons (Fsp3) is 0.562. The van der Waals surface area contributed by atoms with Crippen molar-refractivity contribution >= 4 is 21.6 Å². The molecule has 2 rings (SSSR count). The van der Waals surface area contributed by atoms with Crippen molar-refractivity contribution in [2.24, 2.45) is 5.14 Å². The number of methoxy groups -OCH3 is 1. The van der Waals surface area contributed by atoms with Crippen LogP contribution < -0.4 is 14.8 Å². The number of amides is 1. The first-order valence-electron chi connectivity index (χ1n) is 7.99. The second-order valence-corrected chi connectivity index (χ2v) is 7.76. The number of nitrogens with zero attached hydrogens (tertiary/aromatic N) is 2. The summed E-state index contributed by atoms with van der Waals surface area (Å²) in [4.78, 5) is 16.3. The number of primary sulfonamides is 1. The van der Waals surface area contributed by atoms with Crippen molar-refractivity contribution in [3.05, 3.63) is 24.3 Å². The normalized spacial score (nSPS) is 18.5. The molecule has 0 aromatic heterocycles. The molecule has 0 spiro atoms. The molecule has 0 unspecified atom stereocenters. The minimum absolute atomic E-state index is 0.0224. The van der Waals surface area contributed by atoms with Gasteiger partial charge in [-0.1, -0.05) is 12.1 Å². The van der Waals surface area contributed by atoms with E-state index in [4.69, 9.17) is 9.88 Å². The number of carbonyl (C=O) groups is 1. The van der Waals surface area contributed by atoms with Gasteiger partial charge in [0.1, 0.15) is 5.75 Å². The number of hydrogen-bond donors (Lipinski definition) is 1. The number of piperazine rings is 1. The van der Waals surface area contributed by atoms with Crippen LogP contribution in [0.1, 0.15) is 19.8 Å². The summed E-state index contributed by atoms with van der Waals surface area (Å²) in [6.45, 7) is 4.03. The van der Waals surface area contributed by atoms with Gasteiger partial charge in [-0.2, -0.15) is 0 Å². The Morgan fingerprint density at radius 2 is 2.04 bits per heavy atom. The number of hydrogen-bond acceptors (Lipinski definition) is 5. The Labute approximate surface area is 143 Å². The van der Waals surface area contributed by atoms with Crippen molar-refractivity contribution in [1.82, 2.24) is 4.90 Å². The van der Waals surface area contributed by atoms with Gasteiger partial charge in [-0.3, -0.25) is 4.79 Å². The van der Waals surface area contributed by atoms with Gasteiger partial charge in [-0.25, -0.2) is 13.6 Å². The molecular formula is C16H25N3O4S. The van der Waals surface area contributed by atoms with E-state index in [2.05, 4.69) is 4.90 Å². The highest BCUT2D eigenvalue weighted by atomic mass is 32.2. The van der Waals surface area contributed by atoms with E-state index in [1.54, 1.807) is 7.11 Å². The van der Waals surface area contributed by atoms with Gasteiger partial charge in [0.25, 0.3) is 0 Å². The molecule has 1 fully saturated rings. The molecule has 1 aliphatic rings. The van der Waals surface area contributed by atoms with Gasteiger partial charge >= 0.3 is 0 Å². The number of para-hydroxylation sites is 2. The van der Waals surface area contributed by atoms with Crippen molar-refractivity contribution in [2.75, 3.05) is 37.4 Å². The van der Waals surface area contributed by atoms with Crippen LogP contribution >= 0.6 is 0 Å². The Bertz CT molecular complexity index is 678. The molecule has 7 nitrogen and oxygen atoms in total. The van der Waals surface area contributed by atoms with E-state index in [0.29, 0.717) is 19.6 Å². The summed E-state index contributed by atoms with van der Waals surface area (Å²) in [7, 11) is -1.86. The second-order valence-electron chi connectivity index (χ2n) is 6.02. The quantitative estimate of drug-likeness (QED) is 0.815. The van der Waals surface area contributed by atoms with Crippen molar-refractivity contribution < 1.29 is 17.9 Å². The lowest BCUT2D eigenvalue weighted by Crippen LogP contribution is -2.54. The van der Waals surface area contributed by atoms with Gasteiger partial charge in [0.2, 0.25) is 15.9 Å². The van der Waals surface area contributed by atoms with Crippen molar-refractivity contribution in [3.63, 3.8) is 0 Å². The van der Waals surface area contributed by atoms with Crippen LogP contribution in [0.5, 0.6) is 5.75 Å². The number of ether oxygens (including phenoxy) is 1. The lowest BCUT2D eigenvalue weighted by Gasteiger charge is -2.41. The van der Waals surface area contributed by atoms with Gasteiger partial charge in [0, 0.05) is 32.1 Å². The number of benzene rings is 1. The van der Waals surface area contributed by atoms with E-state index in [-0.39, 0.29) is 30.5 Å². The molecule has 0 saturated carbocycles. The lowest BCUT2D eigenvalue weighted by molar-refractivity contribution is -0.133. The van der Waals surface area contributed by atoms with Crippen molar-refractivity contribution in [3.8, 4) is 5.75 Å². The highest BCUT2D eigenvalue weighted by Crippen LogP contribution is 2.29. The highest BCUT2D eigenvalue weighted by Gasteiger charge is 2.28. The van der Waals surface area contributed by atoms with Gasteiger partial charge in [-0.05, 0) is 25.5 Å². The monoisotopic (exact) mass is 355 g/mol. The Balaban J connectivity index is 1.94. The zero-order valence-corrected chi connectivity index (χ0v) is 15.0. The minimum atomic E-state index is -3.51. The number of nitrogens with two attached hydrogens (primary N) is 1. The molecule has 1 aromatic rings. The average molecular weight is 355 g/mol. The molecule has 2 N–H and O–H groups in total. The van der Waals surface area contributed by atoms with Crippen LogP contribution in [0, 0.1) is 0 Å². The maximum atomic E-state index is 12.3. The molecule has 8 heteroatoms. The van der Waals surface area contributed by atoms with E-state index in [9.17, 15) is 13.2 Å². The minimum Gasteiger partial charge on any atom is -0.495 e. The van der Waals surface area contributed by atoms with Crippen LogP contribution in [0.3, 0.4) is 0 Å². The molecule has 1 aliphatic heterocycles.